The van der Waals surface area contributed by atoms with Crippen LogP contribution >= 0.6 is 0 Å². The number of alkyl halides is 2. The van der Waals surface area contributed by atoms with Gasteiger partial charge in [-0.05, 0) is 25.5 Å². The number of anilines is 1. The van der Waals surface area contributed by atoms with Crippen molar-refractivity contribution in [2.75, 3.05) is 25.0 Å². The molecule has 2 rings (SSSR count). The summed E-state index contributed by atoms with van der Waals surface area (Å²) in [5.74, 6) is -2.04. The number of para-hydroxylation sites is 1. The van der Waals surface area contributed by atoms with Gasteiger partial charge in [0.2, 0.25) is 0 Å². The van der Waals surface area contributed by atoms with Crippen LogP contribution in [0.4, 0.5) is 14.5 Å². The average molecular weight is 355 g/mol. The van der Waals surface area contributed by atoms with Gasteiger partial charge >= 0.3 is 11.8 Å². The zero-order chi connectivity index (χ0) is 18.4. The molecule has 0 saturated carbocycles. The lowest BCUT2D eigenvalue weighted by Gasteiger charge is -2.35. The highest BCUT2D eigenvalue weighted by molar-refractivity contribution is 6.39. The summed E-state index contributed by atoms with van der Waals surface area (Å²) < 4.78 is 29.9. The van der Waals surface area contributed by atoms with Gasteiger partial charge in [0.1, 0.15) is 0 Å². The monoisotopic (exact) mass is 355 g/mol. The fraction of sp³-hybridized carbons (Fsp3) is 0.529. The standard InChI is InChI=1S/C17H23F2N3O3/c1-11-8-22(9-12(2)25-11)10-13-5-3-4-6-14(13)21-17(24)16(23)20-7-15(18)19/h3-6,11-12,15H,7-10H2,1-2H3,(H,20,23)(H,21,24)/t11-,12-/m0/s1. The van der Waals surface area contributed by atoms with Gasteiger partial charge in [0.05, 0.1) is 18.8 Å². The Morgan fingerprint density at radius 2 is 1.84 bits per heavy atom. The molecule has 1 heterocycles. The first-order valence-corrected chi connectivity index (χ1v) is 8.18. The topological polar surface area (TPSA) is 70.7 Å². The van der Waals surface area contributed by atoms with Crippen molar-refractivity contribution in [1.29, 1.82) is 0 Å². The van der Waals surface area contributed by atoms with Crippen LogP contribution in [0.15, 0.2) is 24.3 Å². The fourth-order valence-electron chi connectivity index (χ4n) is 2.86. The van der Waals surface area contributed by atoms with Crippen molar-refractivity contribution in [2.45, 2.75) is 39.0 Å². The number of amides is 2. The number of ether oxygens (including phenoxy) is 1. The molecule has 1 aromatic carbocycles. The molecule has 25 heavy (non-hydrogen) atoms. The van der Waals surface area contributed by atoms with E-state index in [1.807, 2.05) is 31.3 Å². The van der Waals surface area contributed by atoms with Crippen molar-refractivity contribution in [3.63, 3.8) is 0 Å². The maximum absolute atomic E-state index is 12.1. The predicted molar refractivity (Wildman–Crippen MR) is 89.4 cm³/mol. The van der Waals surface area contributed by atoms with E-state index in [1.54, 1.807) is 12.1 Å². The Hall–Kier alpha value is -2.06. The van der Waals surface area contributed by atoms with E-state index in [0.29, 0.717) is 12.2 Å². The number of nitrogens with zero attached hydrogens (tertiary/aromatic N) is 1. The molecule has 1 aliphatic heterocycles. The SMILES string of the molecule is C[C@H]1CN(Cc2ccccc2NC(=O)C(=O)NCC(F)F)C[C@H](C)O1. The number of carbonyl (C=O) groups excluding carboxylic acids is 2. The number of carbonyl (C=O) groups is 2. The van der Waals surface area contributed by atoms with Crippen LogP contribution in [-0.4, -0.2) is 55.0 Å². The highest BCUT2D eigenvalue weighted by Gasteiger charge is 2.23. The third kappa shape index (κ3) is 6.06. The molecule has 0 spiro atoms. The van der Waals surface area contributed by atoms with Crippen molar-refractivity contribution >= 4 is 17.5 Å². The van der Waals surface area contributed by atoms with E-state index in [4.69, 9.17) is 4.74 Å². The Bertz CT molecular complexity index is 603. The molecule has 2 atom stereocenters. The number of rotatable bonds is 5. The minimum atomic E-state index is -2.70. The third-order valence-corrected chi connectivity index (χ3v) is 3.78. The van der Waals surface area contributed by atoms with E-state index in [1.165, 1.54) is 0 Å². The van der Waals surface area contributed by atoms with Crippen molar-refractivity contribution < 1.29 is 23.1 Å². The Balaban J connectivity index is 2.00. The van der Waals surface area contributed by atoms with Gasteiger partial charge in [-0.1, -0.05) is 18.2 Å². The molecule has 0 bridgehead atoms. The molecule has 1 saturated heterocycles. The van der Waals surface area contributed by atoms with Crippen LogP contribution in [0.5, 0.6) is 0 Å². The van der Waals surface area contributed by atoms with Crippen molar-refractivity contribution in [2.24, 2.45) is 0 Å². The summed E-state index contributed by atoms with van der Waals surface area (Å²) in [7, 11) is 0. The van der Waals surface area contributed by atoms with E-state index in [0.717, 1.165) is 18.7 Å². The lowest BCUT2D eigenvalue weighted by atomic mass is 10.1. The molecule has 0 unspecified atom stereocenters. The summed E-state index contributed by atoms with van der Waals surface area (Å²) in [6.45, 7) is 5.28. The van der Waals surface area contributed by atoms with Crippen LogP contribution in [-0.2, 0) is 20.9 Å². The first kappa shape index (κ1) is 19.3. The molecule has 0 aliphatic carbocycles. The van der Waals surface area contributed by atoms with Gasteiger partial charge in [0.15, 0.2) is 0 Å². The van der Waals surface area contributed by atoms with Gasteiger partial charge in [0, 0.05) is 25.3 Å². The highest BCUT2D eigenvalue weighted by atomic mass is 19.3. The molecule has 138 valence electrons. The van der Waals surface area contributed by atoms with Crippen molar-refractivity contribution in [1.82, 2.24) is 10.2 Å². The molecular formula is C17H23F2N3O3. The first-order valence-electron chi connectivity index (χ1n) is 8.18. The van der Waals surface area contributed by atoms with Crippen LogP contribution < -0.4 is 10.6 Å². The smallest absolute Gasteiger partial charge is 0.313 e. The van der Waals surface area contributed by atoms with E-state index in [9.17, 15) is 18.4 Å². The highest BCUT2D eigenvalue weighted by Crippen LogP contribution is 2.20. The Labute approximate surface area is 145 Å². The van der Waals surface area contributed by atoms with E-state index < -0.39 is 24.8 Å². The lowest BCUT2D eigenvalue weighted by Crippen LogP contribution is -2.45. The minimum absolute atomic E-state index is 0.116. The molecule has 1 aromatic rings. The molecule has 1 aliphatic rings. The molecule has 0 radical (unpaired) electrons. The van der Waals surface area contributed by atoms with E-state index in [-0.39, 0.29) is 12.2 Å². The Morgan fingerprint density at radius 1 is 1.20 bits per heavy atom. The number of hydrogen-bond acceptors (Lipinski definition) is 4. The second-order valence-electron chi connectivity index (χ2n) is 6.16. The van der Waals surface area contributed by atoms with E-state index >= 15 is 0 Å². The molecular weight excluding hydrogens is 332 g/mol. The summed E-state index contributed by atoms with van der Waals surface area (Å²) in [4.78, 5) is 25.6. The maximum atomic E-state index is 12.1. The molecule has 2 N–H and O–H groups in total. The summed E-state index contributed by atoms with van der Waals surface area (Å²) >= 11 is 0. The molecule has 8 heteroatoms. The van der Waals surface area contributed by atoms with Gasteiger partial charge in [0.25, 0.3) is 6.43 Å². The van der Waals surface area contributed by atoms with Gasteiger partial charge < -0.3 is 15.4 Å². The lowest BCUT2D eigenvalue weighted by molar-refractivity contribution is -0.136. The summed E-state index contributed by atoms with van der Waals surface area (Å²) in [5.41, 5.74) is 1.34. The van der Waals surface area contributed by atoms with Crippen LogP contribution in [0.2, 0.25) is 0 Å². The Kier molecular flexibility index (Phi) is 6.83. The van der Waals surface area contributed by atoms with Gasteiger partial charge in [-0.25, -0.2) is 8.78 Å². The minimum Gasteiger partial charge on any atom is -0.373 e. The number of benzene rings is 1. The zero-order valence-corrected chi connectivity index (χ0v) is 14.3. The maximum Gasteiger partial charge on any atom is 0.313 e. The summed E-state index contributed by atoms with van der Waals surface area (Å²) in [5, 5.41) is 4.38. The number of nitrogens with one attached hydrogen (secondary N) is 2. The Morgan fingerprint density at radius 3 is 2.48 bits per heavy atom. The third-order valence-electron chi connectivity index (χ3n) is 3.78. The second-order valence-corrected chi connectivity index (χ2v) is 6.16. The summed E-state index contributed by atoms with van der Waals surface area (Å²) in [6.07, 6.45) is -2.47. The number of halogens is 2. The van der Waals surface area contributed by atoms with E-state index in [2.05, 4.69) is 10.2 Å². The van der Waals surface area contributed by atoms with Crippen molar-refractivity contribution in [3.8, 4) is 0 Å². The summed E-state index contributed by atoms with van der Waals surface area (Å²) in [6, 6.07) is 7.12. The van der Waals surface area contributed by atoms with Crippen LogP contribution in [0.1, 0.15) is 19.4 Å². The molecule has 1 fully saturated rings. The average Bonchev–Trinajstić information content (AvgIpc) is 2.53. The zero-order valence-electron chi connectivity index (χ0n) is 14.3. The second kappa shape index (κ2) is 8.87. The van der Waals surface area contributed by atoms with Crippen LogP contribution in [0.3, 0.4) is 0 Å². The van der Waals surface area contributed by atoms with Crippen LogP contribution in [0, 0.1) is 0 Å². The normalized spacial score (nSPS) is 21.2. The van der Waals surface area contributed by atoms with Gasteiger partial charge in [-0.2, -0.15) is 0 Å². The largest absolute Gasteiger partial charge is 0.373 e. The fourth-order valence-corrected chi connectivity index (χ4v) is 2.86. The first-order chi connectivity index (χ1) is 11.8. The molecule has 6 nitrogen and oxygen atoms in total. The number of morpholine rings is 1. The van der Waals surface area contributed by atoms with Crippen molar-refractivity contribution in [3.05, 3.63) is 29.8 Å². The quantitative estimate of drug-likeness (QED) is 0.788. The molecule has 0 aromatic heterocycles. The van der Waals surface area contributed by atoms with Gasteiger partial charge in [-0.3, -0.25) is 14.5 Å². The molecule has 2 amide bonds. The predicted octanol–water partition coefficient (Wildman–Crippen LogP) is 1.62. The number of hydrogen-bond donors (Lipinski definition) is 2. The van der Waals surface area contributed by atoms with Crippen LogP contribution in [0.25, 0.3) is 0 Å². The van der Waals surface area contributed by atoms with Gasteiger partial charge in [-0.15, -0.1) is 0 Å².